The van der Waals surface area contributed by atoms with Crippen LogP contribution in [0.25, 0.3) is 21.9 Å². The monoisotopic (exact) mass is 298 g/mol. The van der Waals surface area contributed by atoms with Gasteiger partial charge in [-0.1, -0.05) is 32.0 Å². The summed E-state index contributed by atoms with van der Waals surface area (Å²) in [4.78, 5) is 23.2. The molecule has 114 valence electrons. The highest BCUT2D eigenvalue weighted by Gasteiger charge is 2.21. The first-order valence-corrected chi connectivity index (χ1v) is 7.27. The van der Waals surface area contributed by atoms with Gasteiger partial charge in [-0.15, -0.1) is 0 Å². The number of carboxylic acids is 1. The van der Waals surface area contributed by atoms with Gasteiger partial charge in [0.05, 0.1) is 5.39 Å². The minimum atomic E-state index is -0.875. The van der Waals surface area contributed by atoms with Crippen LogP contribution in [0.5, 0.6) is 0 Å². The van der Waals surface area contributed by atoms with Crippen molar-refractivity contribution in [3.8, 4) is 0 Å². The number of aromatic nitrogens is 3. The Labute approximate surface area is 127 Å². The molecule has 0 unspecified atom stereocenters. The molecule has 6 heteroatoms. The Kier molecular flexibility index (Phi) is 3.66. The average molecular weight is 298 g/mol. The first kappa shape index (κ1) is 14.3. The fourth-order valence-corrected chi connectivity index (χ4v) is 2.64. The molecule has 2 aromatic heterocycles. The summed E-state index contributed by atoms with van der Waals surface area (Å²) in [5.74, 6) is -0.0512. The summed E-state index contributed by atoms with van der Waals surface area (Å²) in [5, 5.41) is 14.3. The number of nitrogens with zero attached hydrogens (tertiary/aromatic N) is 2. The number of hydrogen-bond donors (Lipinski definition) is 3. The highest BCUT2D eigenvalue weighted by Crippen LogP contribution is 2.29. The summed E-state index contributed by atoms with van der Waals surface area (Å²) in [5.41, 5.74) is 1.66. The van der Waals surface area contributed by atoms with Crippen molar-refractivity contribution in [1.29, 1.82) is 0 Å². The van der Waals surface area contributed by atoms with Crippen LogP contribution in [0.4, 0.5) is 5.82 Å². The maximum atomic E-state index is 11.5. The molecule has 0 amide bonds. The van der Waals surface area contributed by atoms with Gasteiger partial charge in [-0.3, -0.25) is 0 Å². The number of aromatic amines is 1. The van der Waals surface area contributed by atoms with Crippen LogP contribution >= 0.6 is 0 Å². The van der Waals surface area contributed by atoms with Gasteiger partial charge in [0.25, 0.3) is 0 Å². The molecular weight excluding hydrogens is 280 g/mol. The molecule has 2 heterocycles. The van der Waals surface area contributed by atoms with E-state index in [-0.39, 0.29) is 5.92 Å². The van der Waals surface area contributed by atoms with Crippen molar-refractivity contribution in [2.45, 2.75) is 26.3 Å². The normalized spacial score (nSPS) is 12.9. The zero-order valence-corrected chi connectivity index (χ0v) is 12.5. The van der Waals surface area contributed by atoms with Gasteiger partial charge in [-0.25, -0.2) is 14.8 Å². The molecular formula is C16H18N4O2. The van der Waals surface area contributed by atoms with Crippen LogP contribution in [-0.4, -0.2) is 32.1 Å². The van der Waals surface area contributed by atoms with Crippen LogP contribution in [0.3, 0.4) is 0 Å². The van der Waals surface area contributed by atoms with E-state index in [2.05, 4.69) is 20.3 Å². The number of carboxylic acid groups (broad SMARTS) is 1. The minimum absolute atomic E-state index is 0.272. The topological polar surface area (TPSA) is 90.9 Å². The summed E-state index contributed by atoms with van der Waals surface area (Å²) in [6.45, 7) is 4.00. The lowest BCUT2D eigenvalue weighted by Crippen LogP contribution is -2.31. The Morgan fingerprint density at radius 1 is 1.32 bits per heavy atom. The van der Waals surface area contributed by atoms with Crippen LogP contribution in [0.15, 0.2) is 30.6 Å². The van der Waals surface area contributed by atoms with E-state index in [0.717, 1.165) is 16.3 Å². The van der Waals surface area contributed by atoms with Gasteiger partial charge in [0.1, 0.15) is 23.8 Å². The molecule has 3 rings (SSSR count). The molecule has 0 aliphatic heterocycles. The van der Waals surface area contributed by atoms with E-state index in [1.807, 2.05) is 38.1 Å². The Hall–Kier alpha value is -2.63. The van der Waals surface area contributed by atoms with E-state index in [1.54, 1.807) is 0 Å². The fourth-order valence-electron chi connectivity index (χ4n) is 2.64. The van der Waals surface area contributed by atoms with Gasteiger partial charge >= 0.3 is 5.97 Å². The highest BCUT2D eigenvalue weighted by atomic mass is 16.4. The van der Waals surface area contributed by atoms with E-state index < -0.39 is 12.0 Å². The van der Waals surface area contributed by atoms with Crippen molar-refractivity contribution in [3.63, 3.8) is 0 Å². The van der Waals surface area contributed by atoms with Gasteiger partial charge in [0.15, 0.2) is 0 Å². The van der Waals surface area contributed by atoms with E-state index in [0.29, 0.717) is 17.9 Å². The molecule has 0 saturated heterocycles. The number of fused-ring (bicyclic) bond motifs is 3. The smallest absolute Gasteiger partial charge is 0.326 e. The molecule has 0 saturated carbocycles. The van der Waals surface area contributed by atoms with Crippen LogP contribution in [0.2, 0.25) is 0 Å². The molecule has 3 aromatic rings. The first-order chi connectivity index (χ1) is 10.6. The van der Waals surface area contributed by atoms with Gasteiger partial charge < -0.3 is 15.4 Å². The molecule has 0 aliphatic rings. The highest BCUT2D eigenvalue weighted by molar-refractivity contribution is 6.11. The van der Waals surface area contributed by atoms with Gasteiger partial charge in [0.2, 0.25) is 0 Å². The Morgan fingerprint density at radius 2 is 2.09 bits per heavy atom. The standard InChI is InChI=1S/C16H18N4O2/c1-9(2)7-12(16(21)22)20-15-13-10-5-3-4-6-11(10)19-14(13)17-8-18-15/h3-6,8-9,12H,7H2,1-2H3,(H,21,22)(H2,17,18,19,20)/t12-/m0/s1. The first-order valence-electron chi connectivity index (χ1n) is 7.27. The average Bonchev–Trinajstić information content (AvgIpc) is 2.85. The summed E-state index contributed by atoms with van der Waals surface area (Å²) in [6.07, 6.45) is 1.97. The molecule has 0 radical (unpaired) electrons. The second-order valence-corrected chi connectivity index (χ2v) is 5.78. The van der Waals surface area contributed by atoms with E-state index >= 15 is 0 Å². The number of anilines is 1. The summed E-state index contributed by atoms with van der Waals surface area (Å²) in [6, 6.07) is 7.14. The van der Waals surface area contributed by atoms with Gasteiger partial charge in [-0.2, -0.15) is 0 Å². The Morgan fingerprint density at radius 3 is 2.82 bits per heavy atom. The molecule has 0 aliphatic carbocycles. The maximum absolute atomic E-state index is 11.5. The molecule has 3 N–H and O–H groups in total. The van der Waals surface area contributed by atoms with E-state index in [4.69, 9.17) is 0 Å². The number of benzene rings is 1. The van der Waals surface area contributed by atoms with Crippen molar-refractivity contribution in [2.24, 2.45) is 5.92 Å². The van der Waals surface area contributed by atoms with E-state index in [1.165, 1.54) is 6.33 Å². The van der Waals surface area contributed by atoms with Gasteiger partial charge in [-0.05, 0) is 18.4 Å². The lowest BCUT2D eigenvalue weighted by molar-refractivity contribution is -0.138. The van der Waals surface area contributed by atoms with Crippen LogP contribution in [0.1, 0.15) is 20.3 Å². The SMILES string of the molecule is CC(C)C[C@H](Nc1ncnc2[nH]c3ccccc3c12)C(=O)O. The van der Waals surface area contributed by atoms with Crippen molar-refractivity contribution < 1.29 is 9.90 Å². The minimum Gasteiger partial charge on any atom is -0.480 e. The quantitative estimate of drug-likeness (QED) is 0.673. The number of hydrogen-bond acceptors (Lipinski definition) is 4. The van der Waals surface area contributed by atoms with Crippen LogP contribution < -0.4 is 5.32 Å². The lowest BCUT2D eigenvalue weighted by Gasteiger charge is -2.17. The zero-order valence-electron chi connectivity index (χ0n) is 12.5. The predicted octanol–water partition coefficient (Wildman–Crippen LogP) is 3.02. The van der Waals surface area contributed by atoms with Crippen molar-refractivity contribution >= 4 is 33.7 Å². The molecule has 0 fully saturated rings. The third-order valence-corrected chi connectivity index (χ3v) is 3.61. The summed E-state index contributed by atoms with van der Waals surface area (Å²) < 4.78 is 0. The molecule has 6 nitrogen and oxygen atoms in total. The molecule has 1 atom stereocenters. The number of para-hydroxylation sites is 1. The van der Waals surface area contributed by atoms with Crippen LogP contribution in [-0.2, 0) is 4.79 Å². The second-order valence-electron chi connectivity index (χ2n) is 5.78. The summed E-state index contributed by atoms with van der Waals surface area (Å²) >= 11 is 0. The molecule has 1 aromatic carbocycles. The summed E-state index contributed by atoms with van der Waals surface area (Å²) in [7, 11) is 0. The number of aliphatic carboxylic acids is 1. The number of rotatable bonds is 5. The Bertz CT molecular complexity index is 825. The fraction of sp³-hybridized carbons (Fsp3) is 0.312. The van der Waals surface area contributed by atoms with Crippen molar-refractivity contribution in [3.05, 3.63) is 30.6 Å². The lowest BCUT2D eigenvalue weighted by atomic mass is 10.0. The third-order valence-electron chi connectivity index (χ3n) is 3.61. The molecule has 0 bridgehead atoms. The number of H-pyrrole nitrogens is 1. The second kappa shape index (κ2) is 5.63. The van der Waals surface area contributed by atoms with Gasteiger partial charge in [0, 0.05) is 10.9 Å². The Balaban J connectivity index is 2.08. The molecule has 0 spiro atoms. The predicted molar refractivity (Wildman–Crippen MR) is 85.9 cm³/mol. The maximum Gasteiger partial charge on any atom is 0.326 e. The third kappa shape index (κ3) is 2.59. The van der Waals surface area contributed by atoms with Crippen LogP contribution in [0, 0.1) is 5.92 Å². The van der Waals surface area contributed by atoms with Crippen molar-refractivity contribution in [2.75, 3.05) is 5.32 Å². The van der Waals surface area contributed by atoms with Crippen molar-refractivity contribution in [1.82, 2.24) is 15.0 Å². The largest absolute Gasteiger partial charge is 0.480 e. The zero-order chi connectivity index (χ0) is 15.7. The molecule has 22 heavy (non-hydrogen) atoms. The number of nitrogens with one attached hydrogen (secondary N) is 2. The van der Waals surface area contributed by atoms with E-state index in [9.17, 15) is 9.90 Å². The number of carbonyl (C=O) groups is 1.